The van der Waals surface area contributed by atoms with E-state index in [1.165, 1.54) is 6.08 Å². The van der Waals surface area contributed by atoms with Gasteiger partial charge in [0, 0.05) is 25.2 Å². The fourth-order valence-electron chi connectivity index (χ4n) is 2.07. The van der Waals surface area contributed by atoms with Crippen molar-refractivity contribution in [2.24, 2.45) is 0 Å². The Hall–Kier alpha value is -1.56. The predicted octanol–water partition coefficient (Wildman–Crippen LogP) is 0.924. The first-order valence-electron chi connectivity index (χ1n) is 6.53. The van der Waals surface area contributed by atoms with Crippen molar-refractivity contribution < 1.29 is 19.1 Å². The second-order valence-corrected chi connectivity index (χ2v) is 4.37. The fraction of sp³-hybridized carbons (Fsp3) is 0.692. The Kier molecular flexibility index (Phi) is 6.35. The fourth-order valence-corrected chi connectivity index (χ4v) is 2.07. The molecule has 1 aliphatic rings. The molecule has 1 fully saturated rings. The van der Waals surface area contributed by atoms with Gasteiger partial charge >= 0.3 is 12.1 Å². The molecule has 2 unspecified atom stereocenters. The Balaban J connectivity index is 2.54. The van der Waals surface area contributed by atoms with Gasteiger partial charge < -0.3 is 19.7 Å². The van der Waals surface area contributed by atoms with Crippen LogP contribution in [-0.2, 0) is 14.3 Å². The number of esters is 1. The third-order valence-electron chi connectivity index (χ3n) is 3.08. The van der Waals surface area contributed by atoms with Crippen LogP contribution in [0, 0.1) is 0 Å². The maximum Gasteiger partial charge on any atom is 0.410 e. The summed E-state index contributed by atoms with van der Waals surface area (Å²) < 4.78 is 9.95. The highest BCUT2D eigenvalue weighted by Crippen LogP contribution is 2.14. The second kappa shape index (κ2) is 7.78. The molecule has 0 aromatic rings. The second-order valence-electron chi connectivity index (χ2n) is 4.37. The van der Waals surface area contributed by atoms with Crippen LogP contribution in [0.1, 0.15) is 20.3 Å². The molecule has 1 heterocycles. The lowest BCUT2D eigenvalue weighted by Crippen LogP contribution is -2.59. The molecule has 0 spiro atoms. The lowest BCUT2D eigenvalue weighted by atomic mass is 10.0. The van der Waals surface area contributed by atoms with E-state index in [4.69, 9.17) is 9.47 Å². The molecular formula is C13H22N2O4. The van der Waals surface area contributed by atoms with Crippen LogP contribution < -0.4 is 5.32 Å². The maximum atomic E-state index is 11.8. The number of carbonyl (C=O) groups excluding carboxylic acids is 2. The van der Waals surface area contributed by atoms with E-state index in [9.17, 15) is 9.59 Å². The first-order valence-corrected chi connectivity index (χ1v) is 6.53. The van der Waals surface area contributed by atoms with Gasteiger partial charge in [0.2, 0.25) is 0 Å². The highest BCUT2D eigenvalue weighted by Gasteiger charge is 2.33. The monoisotopic (exact) mass is 270 g/mol. The highest BCUT2D eigenvalue weighted by molar-refractivity contribution is 5.71. The number of amides is 1. The highest BCUT2D eigenvalue weighted by atomic mass is 16.6. The van der Waals surface area contributed by atoms with Gasteiger partial charge in [-0.2, -0.15) is 0 Å². The van der Waals surface area contributed by atoms with Crippen molar-refractivity contribution >= 4 is 12.1 Å². The van der Waals surface area contributed by atoms with Gasteiger partial charge in [0.05, 0.1) is 13.0 Å². The molecule has 1 N–H and O–H groups in total. The van der Waals surface area contributed by atoms with Crippen molar-refractivity contribution in [3.8, 4) is 0 Å². The first kappa shape index (κ1) is 15.5. The van der Waals surface area contributed by atoms with E-state index in [1.807, 2.05) is 6.92 Å². The molecule has 6 heteroatoms. The molecule has 0 aromatic heterocycles. The lowest BCUT2D eigenvalue weighted by molar-refractivity contribution is -0.144. The van der Waals surface area contributed by atoms with Gasteiger partial charge in [-0.15, -0.1) is 0 Å². The summed E-state index contributed by atoms with van der Waals surface area (Å²) in [5, 5.41) is 3.23. The van der Waals surface area contributed by atoms with Crippen LogP contribution in [0.4, 0.5) is 4.79 Å². The molecule has 0 bridgehead atoms. The van der Waals surface area contributed by atoms with Crippen molar-refractivity contribution in [1.82, 2.24) is 10.2 Å². The summed E-state index contributed by atoms with van der Waals surface area (Å²) in [6.45, 7) is 8.93. The molecule has 0 aromatic carbocycles. The molecule has 19 heavy (non-hydrogen) atoms. The van der Waals surface area contributed by atoms with Crippen LogP contribution in [0.2, 0.25) is 0 Å². The zero-order valence-electron chi connectivity index (χ0n) is 11.6. The van der Waals surface area contributed by atoms with Gasteiger partial charge in [-0.05, 0) is 13.8 Å². The minimum Gasteiger partial charge on any atom is -0.466 e. The molecular weight excluding hydrogens is 248 g/mol. The van der Waals surface area contributed by atoms with E-state index in [2.05, 4.69) is 11.9 Å². The van der Waals surface area contributed by atoms with Crippen LogP contribution in [0.15, 0.2) is 12.7 Å². The van der Waals surface area contributed by atoms with Gasteiger partial charge in [0.25, 0.3) is 0 Å². The van der Waals surface area contributed by atoms with Gasteiger partial charge in [0.15, 0.2) is 0 Å². The van der Waals surface area contributed by atoms with Gasteiger partial charge in [-0.25, -0.2) is 4.79 Å². The first-order chi connectivity index (χ1) is 9.10. The van der Waals surface area contributed by atoms with Crippen LogP contribution in [0.3, 0.4) is 0 Å². The Morgan fingerprint density at radius 1 is 1.47 bits per heavy atom. The number of hydrogen-bond donors (Lipinski definition) is 1. The zero-order chi connectivity index (χ0) is 14.3. The van der Waals surface area contributed by atoms with E-state index in [1.54, 1.807) is 11.8 Å². The van der Waals surface area contributed by atoms with Gasteiger partial charge in [0.1, 0.15) is 6.61 Å². The van der Waals surface area contributed by atoms with Crippen molar-refractivity contribution in [2.75, 3.05) is 26.3 Å². The summed E-state index contributed by atoms with van der Waals surface area (Å²) in [6.07, 6.45) is 1.41. The number of hydrogen-bond acceptors (Lipinski definition) is 5. The third kappa shape index (κ3) is 4.55. The molecule has 1 aliphatic heterocycles. The molecule has 1 amide bonds. The van der Waals surface area contributed by atoms with Crippen molar-refractivity contribution in [3.63, 3.8) is 0 Å². The Morgan fingerprint density at radius 3 is 2.84 bits per heavy atom. The molecule has 0 aliphatic carbocycles. The predicted molar refractivity (Wildman–Crippen MR) is 70.8 cm³/mol. The quantitative estimate of drug-likeness (QED) is 0.594. The smallest absolute Gasteiger partial charge is 0.410 e. The van der Waals surface area contributed by atoms with E-state index >= 15 is 0 Å². The summed E-state index contributed by atoms with van der Waals surface area (Å²) in [5.41, 5.74) is 0. The van der Waals surface area contributed by atoms with E-state index < -0.39 is 0 Å². The SMILES string of the molecule is C=CCOC(=O)N1CCNC(CC(=O)OCC)C1C. The zero-order valence-corrected chi connectivity index (χ0v) is 11.6. The van der Waals surface area contributed by atoms with Crippen LogP contribution in [0.25, 0.3) is 0 Å². The Morgan fingerprint density at radius 2 is 2.21 bits per heavy atom. The molecule has 1 rings (SSSR count). The average molecular weight is 270 g/mol. The minimum atomic E-state index is -0.372. The van der Waals surface area contributed by atoms with Gasteiger partial charge in [-0.1, -0.05) is 12.7 Å². The number of carbonyl (C=O) groups is 2. The van der Waals surface area contributed by atoms with E-state index in [0.29, 0.717) is 19.7 Å². The number of ether oxygens (including phenoxy) is 2. The number of nitrogens with zero attached hydrogens (tertiary/aromatic N) is 1. The van der Waals surface area contributed by atoms with Crippen LogP contribution in [0.5, 0.6) is 0 Å². The average Bonchev–Trinajstić information content (AvgIpc) is 2.38. The summed E-state index contributed by atoms with van der Waals surface area (Å²) in [7, 11) is 0. The van der Waals surface area contributed by atoms with Crippen LogP contribution in [-0.4, -0.2) is 55.3 Å². The van der Waals surface area contributed by atoms with Crippen molar-refractivity contribution in [2.45, 2.75) is 32.4 Å². The van der Waals surface area contributed by atoms with Crippen LogP contribution >= 0.6 is 0 Å². The number of nitrogens with one attached hydrogen (secondary N) is 1. The minimum absolute atomic E-state index is 0.107. The van der Waals surface area contributed by atoms with E-state index in [-0.39, 0.29) is 37.2 Å². The molecule has 108 valence electrons. The van der Waals surface area contributed by atoms with E-state index in [0.717, 1.165) is 0 Å². The molecule has 1 saturated heterocycles. The lowest BCUT2D eigenvalue weighted by Gasteiger charge is -2.38. The van der Waals surface area contributed by atoms with Crippen molar-refractivity contribution in [3.05, 3.63) is 12.7 Å². The Bertz CT molecular complexity index is 333. The molecule has 6 nitrogen and oxygen atoms in total. The summed E-state index contributed by atoms with van der Waals surface area (Å²) in [4.78, 5) is 25.0. The molecule has 0 saturated carbocycles. The standard InChI is InChI=1S/C13H22N2O4/c1-4-8-19-13(17)15-7-6-14-11(10(15)3)9-12(16)18-5-2/h4,10-11,14H,1,5-9H2,2-3H3. The largest absolute Gasteiger partial charge is 0.466 e. The molecule has 0 radical (unpaired) electrons. The number of rotatable bonds is 5. The maximum absolute atomic E-state index is 11.8. The number of piperazine rings is 1. The summed E-state index contributed by atoms with van der Waals surface area (Å²) >= 11 is 0. The normalized spacial score (nSPS) is 22.7. The summed E-state index contributed by atoms with van der Waals surface area (Å²) in [5.74, 6) is -0.256. The topological polar surface area (TPSA) is 67.9 Å². The third-order valence-corrected chi connectivity index (χ3v) is 3.08. The van der Waals surface area contributed by atoms with Gasteiger partial charge in [-0.3, -0.25) is 4.79 Å². The molecule has 2 atom stereocenters. The summed E-state index contributed by atoms with van der Waals surface area (Å²) in [6, 6.07) is -0.223. The Labute approximate surface area is 113 Å². The van der Waals surface area contributed by atoms with Crippen molar-refractivity contribution in [1.29, 1.82) is 0 Å².